The maximum absolute atomic E-state index is 14.1. The van der Waals surface area contributed by atoms with E-state index in [1.165, 1.54) is 12.1 Å². The third kappa shape index (κ3) is 3.93. The van der Waals surface area contributed by atoms with Crippen LogP contribution in [0.15, 0.2) is 40.9 Å². The Bertz CT molecular complexity index is 622. The van der Waals surface area contributed by atoms with Gasteiger partial charge < -0.3 is 10.1 Å². The molecule has 6 heteroatoms. The summed E-state index contributed by atoms with van der Waals surface area (Å²) in [4.78, 5) is 0. The summed E-state index contributed by atoms with van der Waals surface area (Å²) in [5.41, 5.74) is -0.0548. The van der Waals surface area contributed by atoms with E-state index in [1.807, 2.05) is 0 Å². The summed E-state index contributed by atoms with van der Waals surface area (Å²) in [6.45, 7) is 0.0857. The Morgan fingerprint density at radius 3 is 2.48 bits per heavy atom. The SMILES string of the molecule is CNC(COc1ccc(Cl)cc1)c1c(F)ccc(Br)c1F. The quantitative estimate of drug-likeness (QED) is 0.762. The van der Waals surface area contributed by atoms with Gasteiger partial charge in [0, 0.05) is 10.6 Å². The van der Waals surface area contributed by atoms with Crippen molar-refractivity contribution in [2.45, 2.75) is 6.04 Å². The molecule has 1 unspecified atom stereocenters. The van der Waals surface area contributed by atoms with Crippen LogP contribution in [0.2, 0.25) is 5.02 Å². The highest BCUT2D eigenvalue weighted by Crippen LogP contribution is 2.27. The van der Waals surface area contributed by atoms with Crippen molar-refractivity contribution in [1.29, 1.82) is 0 Å². The van der Waals surface area contributed by atoms with Crippen LogP contribution in [-0.4, -0.2) is 13.7 Å². The highest BCUT2D eigenvalue weighted by Gasteiger charge is 2.21. The monoisotopic (exact) mass is 375 g/mol. The average Bonchev–Trinajstić information content (AvgIpc) is 2.48. The van der Waals surface area contributed by atoms with Crippen molar-refractivity contribution < 1.29 is 13.5 Å². The molecule has 0 saturated carbocycles. The van der Waals surface area contributed by atoms with Gasteiger partial charge in [-0.15, -0.1) is 0 Å². The highest BCUT2D eigenvalue weighted by molar-refractivity contribution is 9.10. The Hall–Kier alpha value is -1.17. The Morgan fingerprint density at radius 2 is 1.86 bits per heavy atom. The molecule has 1 atom stereocenters. The Labute approximate surface area is 135 Å². The molecular formula is C15H13BrClF2NO. The van der Waals surface area contributed by atoms with Crippen LogP contribution in [0.25, 0.3) is 0 Å². The van der Waals surface area contributed by atoms with E-state index in [1.54, 1.807) is 31.3 Å². The van der Waals surface area contributed by atoms with Crippen LogP contribution < -0.4 is 10.1 Å². The summed E-state index contributed by atoms with van der Waals surface area (Å²) in [5, 5.41) is 3.45. The van der Waals surface area contributed by atoms with Crippen LogP contribution in [0.3, 0.4) is 0 Å². The fraction of sp³-hybridized carbons (Fsp3) is 0.200. The van der Waals surface area contributed by atoms with Crippen LogP contribution in [0.1, 0.15) is 11.6 Å². The van der Waals surface area contributed by atoms with E-state index in [4.69, 9.17) is 16.3 Å². The second-order valence-electron chi connectivity index (χ2n) is 4.36. The van der Waals surface area contributed by atoms with Gasteiger partial charge in [-0.3, -0.25) is 0 Å². The molecule has 0 aliphatic rings. The van der Waals surface area contributed by atoms with Crippen molar-refractivity contribution in [1.82, 2.24) is 5.32 Å². The first-order chi connectivity index (χ1) is 10.0. The van der Waals surface area contributed by atoms with Crippen LogP contribution in [0.4, 0.5) is 8.78 Å². The number of benzene rings is 2. The van der Waals surface area contributed by atoms with Gasteiger partial charge in [-0.2, -0.15) is 0 Å². The summed E-state index contributed by atoms with van der Waals surface area (Å²) in [6, 6.07) is 8.71. The number of halogens is 4. The fourth-order valence-corrected chi connectivity index (χ4v) is 2.36. The van der Waals surface area contributed by atoms with E-state index >= 15 is 0 Å². The predicted molar refractivity (Wildman–Crippen MR) is 82.8 cm³/mol. The zero-order valence-corrected chi connectivity index (χ0v) is 13.5. The van der Waals surface area contributed by atoms with Crippen LogP contribution in [-0.2, 0) is 0 Å². The fourth-order valence-electron chi connectivity index (χ4n) is 1.88. The normalized spacial score (nSPS) is 12.2. The number of ether oxygens (including phenoxy) is 1. The van der Waals surface area contributed by atoms with Gasteiger partial charge in [0.05, 0.1) is 10.5 Å². The minimum absolute atomic E-state index is 0.0548. The molecule has 0 aromatic heterocycles. The summed E-state index contributed by atoms with van der Waals surface area (Å²) in [7, 11) is 1.62. The lowest BCUT2D eigenvalue weighted by Crippen LogP contribution is -2.25. The topological polar surface area (TPSA) is 21.3 Å². The van der Waals surface area contributed by atoms with Crippen molar-refractivity contribution in [3.63, 3.8) is 0 Å². The smallest absolute Gasteiger partial charge is 0.145 e. The lowest BCUT2D eigenvalue weighted by atomic mass is 10.1. The third-order valence-corrected chi connectivity index (χ3v) is 3.87. The molecule has 0 saturated heterocycles. The number of rotatable bonds is 5. The maximum Gasteiger partial charge on any atom is 0.145 e. The molecule has 2 nitrogen and oxygen atoms in total. The van der Waals surface area contributed by atoms with E-state index in [2.05, 4.69) is 21.2 Å². The zero-order chi connectivity index (χ0) is 15.4. The number of nitrogens with one attached hydrogen (secondary N) is 1. The first-order valence-electron chi connectivity index (χ1n) is 6.22. The van der Waals surface area contributed by atoms with Gasteiger partial charge >= 0.3 is 0 Å². The van der Waals surface area contributed by atoms with E-state index < -0.39 is 17.7 Å². The molecule has 0 heterocycles. The predicted octanol–water partition coefficient (Wildman–Crippen LogP) is 4.72. The molecule has 112 valence electrons. The molecule has 2 aromatic carbocycles. The molecule has 0 aliphatic heterocycles. The maximum atomic E-state index is 14.1. The summed E-state index contributed by atoms with van der Waals surface area (Å²) >= 11 is 8.84. The summed E-state index contributed by atoms with van der Waals surface area (Å²) in [5.74, 6) is -0.667. The molecule has 2 rings (SSSR count). The second kappa shape index (κ2) is 7.20. The molecule has 2 aromatic rings. The number of likely N-dealkylation sites (N-methyl/N-ethyl adjacent to an activating group) is 1. The molecule has 0 spiro atoms. The lowest BCUT2D eigenvalue weighted by Gasteiger charge is -2.19. The first-order valence-corrected chi connectivity index (χ1v) is 7.39. The number of hydrogen-bond donors (Lipinski definition) is 1. The van der Waals surface area contributed by atoms with Gasteiger partial charge in [0.15, 0.2) is 0 Å². The zero-order valence-electron chi connectivity index (χ0n) is 11.2. The van der Waals surface area contributed by atoms with Gasteiger partial charge in [0.2, 0.25) is 0 Å². The molecule has 1 N–H and O–H groups in total. The second-order valence-corrected chi connectivity index (χ2v) is 5.65. The summed E-state index contributed by atoms with van der Waals surface area (Å²) < 4.78 is 33.7. The van der Waals surface area contributed by atoms with E-state index in [-0.39, 0.29) is 16.6 Å². The van der Waals surface area contributed by atoms with Crippen molar-refractivity contribution >= 4 is 27.5 Å². The van der Waals surface area contributed by atoms with E-state index in [0.717, 1.165) is 0 Å². The van der Waals surface area contributed by atoms with Gasteiger partial charge in [0.25, 0.3) is 0 Å². The number of hydrogen-bond acceptors (Lipinski definition) is 2. The van der Waals surface area contributed by atoms with Gasteiger partial charge in [0.1, 0.15) is 24.0 Å². The van der Waals surface area contributed by atoms with Gasteiger partial charge in [-0.25, -0.2) is 8.78 Å². The molecule has 0 fully saturated rings. The standard InChI is InChI=1S/C15H13BrClF2NO/c1-20-13(8-21-10-4-2-9(17)3-5-10)14-12(18)7-6-11(16)15(14)19/h2-7,13,20H,8H2,1H3. The van der Waals surface area contributed by atoms with Crippen molar-refractivity contribution in [3.8, 4) is 5.75 Å². The van der Waals surface area contributed by atoms with E-state index in [9.17, 15) is 8.78 Å². The van der Waals surface area contributed by atoms with Gasteiger partial charge in [-0.1, -0.05) is 11.6 Å². The minimum Gasteiger partial charge on any atom is -0.492 e. The molecule has 0 amide bonds. The van der Waals surface area contributed by atoms with Crippen LogP contribution >= 0.6 is 27.5 Å². The minimum atomic E-state index is -0.631. The van der Waals surface area contributed by atoms with Crippen LogP contribution in [0, 0.1) is 11.6 Å². The van der Waals surface area contributed by atoms with Crippen molar-refractivity contribution in [2.75, 3.05) is 13.7 Å². The van der Waals surface area contributed by atoms with Crippen molar-refractivity contribution in [3.05, 3.63) is 63.1 Å². The molecule has 0 radical (unpaired) electrons. The Kier molecular flexibility index (Phi) is 5.56. The average molecular weight is 377 g/mol. The molecular weight excluding hydrogens is 364 g/mol. The highest BCUT2D eigenvalue weighted by atomic mass is 79.9. The molecule has 0 aliphatic carbocycles. The molecule has 21 heavy (non-hydrogen) atoms. The first kappa shape index (κ1) is 16.2. The molecule has 0 bridgehead atoms. The lowest BCUT2D eigenvalue weighted by molar-refractivity contribution is 0.266. The largest absolute Gasteiger partial charge is 0.492 e. The Morgan fingerprint density at radius 1 is 1.19 bits per heavy atom. The Balaban J connectivity index is 2.17. The summed E-state index contributed by atoms with van der Waals surface area (Å²) in [6.07, 6.45) is 0. The third-order valence-electron chi connectivity index (χ3n) is 3.01. The van der Waals surface area contributed by atoms with E-state index in [0.29, 0.717) is 10.8 Å². The van der Waals surface area contributed by atoms with Crippen LogP contribution in [0.5, 0.6) is 5.75 Å². The van der Waals surface area contributed by atoms with Gasteiger partial charge in [-0.05, 0) is 59.4 Å². The van der Waals surface area contributed by atoms with Crippen molar-refractivity contribution in [2.24, 2.45) is 0 Å².